The number of aromatic nitrogens is 4. The molecule has 2 rings (SSSR count). The lowest BCUT2D eigenvalue weighted by atomic mass is 10.2. The van der Waals surface area contributed by atoms with Crippen LogP contribution in [0.4, 0.5) is 5.95 Å². The van der Waals surface area contributed by atoms with Crippen LogP contribution in [0.2, 0.25) is 0 Å². The molecule has 0 atom stereocenters. The van der Waals surface area contributed by atoms with Crippen molar-refractivity contribution < 1.29 is 9.53 Å². The van der Waals surface area contributed by atoms with Crippen molar-refractivity contribution in [2.75, 3.05) is 11.9 Å². The van der Waals surface area contributed by atoms with Gasteiger partial charge in [0.1, 0.15) is 5.75 Å². The molecule has 1 N–H and O–H groups in total. The van der Waals surface area contributed by atoms with Crippen LogP contribution >= 0.6 is 0 Å². The molecule has 7 nitrogen and oxygen atoms in total. The lowest BCUT2D eigenvalue weighted by Crippen LogP contribution is -2.13. The average Bonchev–Trinajstić information content (AvgIpc) is 2.82. The minimum Gasteiger partial charge on any atom is -0.494 e. The van der Waals surface area contributed by atoms with Gasteiger partial charge in [0.15, 0.2) is 0 Å². The van der Waals surface area contributed by atoms with Gasteiger partial charge in [0.05, 0.1) is 13.7 Å². The van der Waals surface area contributed by atoms with Gasteiger partial charge in [-0.25, -0.2) is 0 Å². The van der Waals surface area contributed by atoms with Crippen molar-refractivity contribution in [3.8, 4) is 5.75 Å². The molecule has 1 aromatic heterocycles. The van der Waals surface area contributed by atoms with E-state index >= 15 is 0 Å². The average molecular weight is 261 g/mol. The number of nitrogens with one attached hydrogen (secondary N) is 1. The highest BCUT2D eigenvalue weighted by Crippen LogP contribution is 2.14. The maximum Gasteiger partial charge on any atom is 0.270 e. The van der Waals surface area contributed by atoms with E-state index in [2.05, 4.69) is 20.7 Å². The van der Waals surface area contributed by atoms with E-state index in [9.17, 15) is 4.79 Å². The maximum absolute atomic E-state index is 12.0. The summed E-state index contributed by atoms with van der Waals surface area (Å²) in [5.74, 6) is 0.545. The fraction of sp³-hybridized carbons (Fsp3) is 0.333. The first-order chi connectivity index (χ1) is 9.19. The molecule has 2 aromatic rings. The maximum atomic E-state index is 12.0. The smallest absolute Gasteiger partial charge is 0.270 e. The van der Waals surface area contributed by atoms with Crippen LogP contribution in [0.5, 0.6) is 5.75 Å². The van der Waals surface area contributed by atoms with E-state index in [1.165, 1.54) is 4.80 Å². The predicted octanol–water partition coefficient (Wildman–Crippen LogP) is 1.25. The number of carbonyl (C=O) groups excluding carboxylic acids is 1. The molecule has 0 aliphatic carbocycles. The molecule has 0 spiro atoms. The van der Waals surface area contributed by atoms with E-state index in [1.807, 2.05) is 13.0 Å². The van der Waals surface area contributed by atoms with Crippen LogP contribution in [0.3, 0.4) is 0 Å². The Morgan fingerprint density at radius 2 is 2.32 bits per heavy atom. The third-order valence-corrected chi connectivity index (χ3v) is 2.30. The fourth-order valence-corrected chi connectivity index (χ4v) is 1.45. The number of anilines is 1. The number of amides is 1. The Labute approximate surface area is 110 Å². The number of tetrazole rings is 1. The number of carbonyl (C=O) groups is 1. The monoisotopic (exact) mass is 261 g/mol. The van der Waals surface area contributed by atoms with Gasteiger partial charge in [0.25, 0.3) is 11.9 Å². The molecule has 0 saturated carbocycles. The topological polar surface area (TPSA) is 81.9 Å². The number of aryl methyl sites for hydroxylation is 1. The fourth-order valence-electron chi connectivity index (χ4n) is 1.45. The highest BCUT2D eigenvalue weighted by atomic mass is 16.5. The first kappa shape index (κ1) is 13.0. The van der Waals surface area contributed by atoms with Gasteiger partial charge in [0.2, 0.25) is 0 Å². The molecule has 0 aliphatic heterocycles. The van der Waals surface area contributed by atoms with Gasteiger partial charge in [-0.1, -0.05) is 18.1 Å². The molecule has 19 heavy (non-hydrogen) atoms. The zero-order chi connectivity index (χ0) is 13.7. The summed E-state index contributed by atoms with van der Waals surface area (Å²) in [5, 5.41) is 13.8. The van der Waals surface area contributed by atoms with Crippen LogP contribution in [-0.2, 0) is 7.05 Å². The van der Waals surface area contributed by atoms with Crippen molar-refractivity contribution in [3.05, 3.63) is 29.8 Å². The number of hydrogen-bond donors (Lipinski definition) is 1. The molecule has 1 amide bonds. The van der Waals surface area contributed by atoms with Gasteiger partial charge >= 0.3 is 0 Å². The molecule has 0 unspecified atom stereocenters. The Bertz CT molecular complexity index is 567. The third kappa shape index (κ3) is 3.51. The molecule has 7 heteroatoms. The van der Waals surface area contributed by atoms with Gasteiger partial charge in [-0.2, -0.15) is 4.80 Å². The normalized spacial score (nSPS) is 10.2. The Morgan fingerprint density at radius 3 is 3.00 bits per heavy atom. The second-order valence-corrected chi connectivity index (χ2v) is 3.93. The highest BCUT2D eigenvalue weighted by molar-refractivity contribution is 6.03. The first-order valence-electron chi connectivity index (χ1n) is 5.97. The van der Waals surface area contributed by atoms with Crippen LogP contribution in [0.15, 0.2) is 24.3 Å². The van der Waals surface area contributed by atoms with Gasteiger partial charge in [-0.15, -0.1) is 5.10 Å². The summed E-state index contributed by atoms with van der Waals surface area (Å²) in [6.07, 6.45) is 0.917. The van der Waals surface area contributed by atoms with Crippen LogP contribution in [0.25, 0.3) is 0 Å². The SMILES string of the molecule is CCCOc1cccc(C(=O)Nc2nnn(C)n2)c1. The zero-order valence-corrected chi connectivity index (χ0v) is 10.8. The van der Waals surface area contributed by atoms with Crippen molar-refractivity contribution in [1.82, 2.24) is 20.2 Å². The molecule has 0 saturated heterocycles. The lowest BCUT2D eigenvalue weighted by molar-refractivity contribution is 0.102. The molecule has 0 radical (unpaired) electrons. The number of benzene rings is 1. The molecule has 0 bridgehead atoms. The molecule has 1 aromatic carbocycles. The van der Waals surface area contributed by atoms with Gasteiger partial charge in [-0.3, -0.25) is 10.1 Å². The summed E-state index contributed by atoms with van der Waals surface area (Å²) in [7, 11) is 1.63. The number of nitrogens with zero attached hydrogens (tertiary/aromatic N) is 4. The second-order valence-electron chi connectivity index (χ2n) is 3.93. The molecular weight excluding hydrogens is 246 g/mol. The van der Waals surface area contributed by atoms with Crippen molar-refractivity contribution in [2.24, 2.45) is 7.05 Å². The zero-order valence-electron chi connectivity index (χ0n) is 10.8. The lowest BCUT2D eigenvalue weighted by Gasteiger charge is -2.06. The Hall–Kier alpha value is -2.44. The molecule has 0 aliphatic rings. The Balaban J connectivity index is 2.06. The van der Waals surface area contributed by atoms with Crippen LogP contribution in [-0.4, -0.2) is 32.7 Å². The number of rotatable bonds is 5. The second kappa shape index (κ2) is 5.94. The Kier molecular flexibility index (Phi) is 4.07. The van der Waals surface area contributed by atoms with E-state index in [-0.39, 0.29) is 11.9 Å². The number of ether oxygens (including phenoxy) is 1. The minimum atomic E-state index is -0.296. The molecule has 100 valence electrons. The van der Waals surface area contributed by atoms with Gasteiger partial charge in [-0.05, 0) is 29.8 Å². The van der Waals surface area contributed by atoms with Gasteiger partial charge < -0.3 is 4.74 Å². The summed E-state index contributed by atoms with van der Waals surface area (Å²) >= 11 is 0. The summed E-state index contributed by atoms with van der Waals surface area (Å²) in [5.41, 5.74) is 0.487. The van der Waals surface area contributed by atoms with Gasteiger partial charge in [0, 0.05) is 5.56 Å². The number of hydrogen-bond acceptors (Lipinski definition) is 5. The van der Waals surface area contributed by atoms with E-state index in [4.69, 9.17) is 4.74 Å². The molecule has 0 fully saturated rings. The summed E-state index contributed by atoms with van der Waals surface area (Å²) in [6.45, 7) is 2.65. The summed E-state index contributed by atoms with van der Waals surface area (Å²) < 4.78 is 5.47. The van der Waals surface area contributed by atoms with E-state index in [0.717, 1.165) is 6.42 Å². The van der Waals surface area contributed by atoms with Crippen molar-refractivity contribution in [2.45, 2.75) is 13.3 Å². The predicted molar refractivity (Wildman–Crippen MR) is 69.0 cm³/mol. The van der Waals surface area contributed by atoms with E-state index < -0.39 is 0 Å². The summed E-state index contributed by atoms with van der Waals surface area (Å²) in [4.78, 5) is 13.2. The van der Waals surface area contributed by atoms with Crippen LogP contribution in [0, 0.1) is 0 Å². The third-order valence-electron chi connectivity index (χ3n) is 2.30. The Morgan fingerprint density at radius 1 is 1.47 bits per heavy atom. The molecular formula is C12H15N5O2. The first-order valence-corrected chi connectivity index (χ1v) is 5.97. The quantitative estimate of drug-likeness (QED) is 0.876. The van der Waals surface area contributed by atoms with Crippen molar-refractivity contribution >= 4 is 11.9 Å². The highest BCUT2D eigenvalue weighted by Gasteiger charge is 2.10. The minimum absolute atomic E-state index is 0.173. The summed E-state index contributed by atoms with van der Waals surface area (Å²) in [6, 6.07) is 6.96. The molecule has 1 heterocycles. The van der Waals surface area contributed by atoms with Crippen molar-refractivity contribution in [3.63, 3.8) is 0 Å². The van der Waals surface area contributed by atoms with E-state index in [1.54, 1.807) is 25.2 Å². The van der Waals surface area contributed by atoms with Crippen LogP contribution < -0.4 is 10.1 Å². The van der Waals surface area contributed by atoms with Crippen LogP contribution in [0.1, 0.15) is 23.7 Å². The largest absolute Gasteiger partial charge is 0.494 e. The van der Waals surface area contributed by atoms with Crippen molar-refractivity contribution in [1.29, 1.82) is 0 Å². The van der Waals surface area contributed by atoms with E-state index in [0.29, 0.717) is 17.9 Å². The standard InChI is InChI=1S/C12H15N5O2/c1-3-7-19-10-6-4-5-9(8-10)11(18)13-12-14-16-17(2)15-12/h4-6,8H,3,7H2,1-2H3,(H,13,15,18).